The zero-order valence-corrected chi connectivity index (χ0v) is 21.4. The van der Waals surface area contributed by atoms with E-state index in [9.17, 15) is 0 Å². The van der Waals surface area contributed by atoms with Crippen LogP contribution in [-0.2, 0) is 4.43 Å². The summed E-state index contributed by atoms with van der Waals surface area (Å²) >= 11 is 0. The highest BCUT2D eigenvalue weighted by atomic mass is 28.4. The van der Waals surface area contributed by atoms with Crippen LogP contribution in [-0.4, -0.2) is 14.4 Å². The summed E-state index contributed by atoms with van der Waals surface area (Å²) in [6.45, 7) is 17.5. The second kappa shape index (κ2) is 11.7. The molecule has 0 saturated carbocycles. The van der Waals surface area contributed by atoms with E-state index in [0.29, 0.717) is 0 Å². The molecule has 0 bridgehead atoms. The molecule has 0 aliphatic carbocycles. The van der Waals surface area contributed by atoms with Gasteiger partial charge >= 0.3 is 0 Å². The molecule has 2 atom stereocenters. The first-order valence-electron chi connectivity index (χ1n) is 11.3. The smallest absolute Gasteiger partial charge is 0.192 e. The zero-order chi connectivity index (χ0) is 23.6. The van der Waals surface area contributed by atoms with E-state index in [4.69, 9.17) is 4.43 Å². The van der Waals surface area contributed by atoms with E-state index in [2.05, 4.69) is 77.1 Å². The average molecular weight is 441 g/mol. The summed E-state index contributed by atoms with van der Waals surface area (Å²) in [6, 6.07) is 20.0. The Hall–Kier alpha value is -2.78. The topological polar surface area (TPSA) is 9.23 Å². The Bertz CT molecular complexity index is 959. The highest BCUT2D eigenvalue weighted by Crippen LogP contribution is 2.38. The van der Waals surface area contributed by atoms with Gasteiger partial charge in [0.1, 0.15) is 0 Å². The summed E-state index contributed by atoms with van der Waals surface area (Å²) in [5, 5.41) is 0.159. The van der Waals surface area contributed by atoms with Crippen LogP contribution in [0.1, 0.15) is 45.2 Å². The lowest BCUT2D eigenvalue weighted by atomic mass is 9.96. The van der Waals surface area contributed by atoms with Crippen molar-refractivity contribution in [1.29, 1.82) is 0 Å². The number of allylic oxidation sites excluding steroid dienone is 2. The molecule has 0 fully saturated rings. The van der Waals surface area contributed by atoms with Crippen molar-refractivity contribution >= 4 is 8.32 Å². The van der Waals surface area contributed by atoms with Gasteiger partial charge in [-0.15, -0.1) is 6.58 Å². The SMILES string of the molecule is C=CC[C@H](C=C(C#Cc1ccccc1)C#Cc1ccccc1)[C@H](C)O[Si](C)(C)C(C)(C)C. The summed E-state index contributed by atoms with van der Waals surface area (Å²) in [5.74, 6) is 13.3. The summed E-state index contributed by atoms with van der Waals surface area (Å²) in [7, 11) is -1.89. The lowest BCUT2D eigenvalue weighted by Crippen LogP contribution is -2.44. The molecule has 0 N–H and O–H groups in total. The monoisotopic (exact) mass is 440 g/mol. The minimum absolute atomic E-state index is 0.0564. The molecule has 1 nitrogen and oxygen atoms in total. The first-order valence-corrected chi connectivity index (χ1v) is 14.2. The minimum Gasteiger partial charge on any atom is -0.414 e. The minimum atomic E-state index is -1.89. The Labute approximate surface area is 196 Å². The molecule has 0 saturated heterocycles. The normalized spacial score (nSPS) is 12.9. The second-order valence-electron chi connectivity index (χ2n) is 9.58. The Morgan fingerprint density at radius 3 is 1.81 bits per heavy atom. The lowest BCUT2D eigenvalue weighted by Gasteiger charge is -2.40. The van der Waals surface area contributed by atoms with E-state index >= 15 is 0 Å². The van der Waals surface area contributed by atoms with E-state index in [1.54, 1.807) is 0 Å². The van der Waals surface area contributed by atoms with Crippen LogP contribution in [0.4, 0.5) is 0 Å². The van der Waals surface area contributed by atoms with Gasteiger partial charge in [0.15, 0.2) is 8.32 Å². The molecule has 0 aliphatic heterocycles. The summed E-state index contributed by atoms with van der Waals surface area (Å²) in [6.07, 6.45) is 5.01. The molecule has 0 heterocycles. The Kier molecular flexibility index (Phi) is 9.34. The van der Waals surface area contributed by atoms with E-state index in [-0.39, 0.29) is 17.1 Å². The summed E-state index contributed by atoms with van der Waals surface area (Å²) in [5.41, 5.74) is 2.77. The molecule has 2 aromatic carbocycles. The largest absolute Gasteiger partial charge is 0.414 e. The van der Waals surface area contributed by atoms with Crippen LogP contribution in [0.25, 0.3) is 0 Å². The van der Waals surface area contributed by atoms with Crippen molar-refractivity contribution in [3.8, 4) is 23.7 Å². The van der Waals surface area contributed by atoms with Crippen molar-refractivity contribution in [2.24, 2.45) is 5.92 Å². The summed E-state index contributed by atoms with van der Waals surface area (Å²) in [4.78, 5) is 0. The predicted molar refractivity (Wildman–Crippen MR) is 141 cm³/mol. The van der Waals surface area contributed by atoms with E-state index in [1.807, 2.05) is 66.7 Å². The Morgan fingerprint density at radius 1 is 0.938 bits per heavy atom. The van der Waals surface area contributed by atoms with Gasteiger partial charge in [0.2, 0.25) is 0 Å². The number of hydrogen-bond acceptors (Lipinski definition) is 1. The van der Waals surface area contributed by atoms with E-state index < -0.39 is 8.32 Å². The molecule has 2 heteroatoms. The maximum atomic E-state index is 6.69. The number of rotatable bonds is 6. The zero-order valence-electron chi connectivity index (χ0n) is 20.4. The summed E-state index contributed by atoms with van der Waals surface area (Å²) < 4.78 is 6.69. The average Bonchev–Trinajstić information content (AvgIpc) is 2.75. The second-order valence-corrected chi connectivity index (χ2v) is 14.3. The Balaban J connectivity index is 2.41. The van der Waals surface area contributed by atoms with Crippen LogP contribution < -0.4 is 0 Å². The molecule has 0 aromatic heterocycles. The number of benzene rings is 2. The standard InChI is InChI=1S/C30H36OSi/c1-8-15-29(25(2)31-32(6,7)30(3,4)5)24-28(22-20-26-16-11-9-12-17-26)23-21-27-18-13-10-14-19-27/h8-14,16-19,24-25,29H,1,15H2,2-7H3/t25-,29+/m0/s1. The van der Waals surface area contributed by atoms with Crippen LogP contribution in [0.15, 0.2) is 85.0 Å². The van der Waals surface area contributed by atoms with Gasteiger partial charge in [0.25, 0.3) is 0 Å². The van der Waals surface area contributed by atoms with Crippen molar-refractivity contribution in [2.45, 2.75) is 58.4 Å². The predicted octanol–water partition coefficient (Wildman–Crippen LogP) is 7.62. The molecule has 0 radical (unpaired) electrons. The quantitative estimate of drug-likeness (QED) is 0.255. The van der Waals surface area contributed by atoms with Gasteiger partial charge in [-0.25, -0.2) is 0 Å². The molecule has 0 spiro atoms. The van der Waals surface area contributed by atoms with Gasteiger partial charge in [-0.1, -0.05) is 93.0 Å². The lowest BCUT2D eigenvalue weighted by molar-refractivity contribution is 0.157. The van der Waals surface area contributed by atoms with Crippen molar-refractivity contribution in [3.63, 3.8) is 0 Å². The van der Waals surface area contributed by atoms with Gasteiger partial charge in [0.05, 0.1) is 5.57 Å². The maximum Gasteiger partial charge on any atom is 0.192 e. The fourth-order valence-electron chi connectivity index (χ4n) is 2.97. The third-order valence-corrected chi connectivity index (χ3v) is 10.5. The van der Waals surface area contributed by atoms with Gasteiger partial charge in [-0.05, 0) is 55.7 Å². The number of hydrogen-bond donors (Lipinski definition) is 0. The molecule has 2 rings (SSSR count). The van der Waals surface area contributed by atoms with Gasteiger partial charge in [-0.3, -0.25) is 0 Å². The molecule has 0 aliphatic rings. The molecule has 0 unspecified atom stereocenters. The maximum absolute atomic E-state index is 6.69. The first-order chi connectivity index (χ1) is 15.1. The van der Waals surface area contributed by atoms with Crippen LogP contribution in [0.5, 0.6) is 0 Å². The Morgan fingerprint density at radius 2 is 1.41 bits per heavy atom. The van der Waals surface area contributed by atoms with E-state index in [0.717, 1.165) is 23.1 Å². The van der Waals surface area contributed by atoms with E-state index in [1.165, 1.54) is 0 Å². The third-order valence-electron chi connectivity index (χ3n) is 5.94. The third kappa shape index (κ3) is 8.05. The van der Waals surface area contributed by atoms with Crippen LogP contribution in [0.3, 0.4) is 0 Å². The van der Waals surface area contributed by atoms with Crippen molar-refractivity contribution in [1.82, 2.24) is 0 Å². The molecule has 0 amide bonds. The van der Waals surface area contributed by atoms with Crippen LogP contribution in [0.2, 0.25) is 18.1 Å². The highest BCUT2D eigenvalue weighted by molar-refractivity contribution is 6.74. The molecule has 32 heavy (non-hydrogen) atoms. The fraction of sp³-hybridized carbons (Fsp3) is 0.333. The molecular weight excluding hydrogens is 404 g/mol. The highest BCUT2D eigenvalue weighted by Gasteiger charge is 2.39. The van der Waals surface area contributed by atoms with Crippen molar-refractivity contribution < 1.29 is 4.43 Å². The molecular formula is C30H36OSi. The van der Waals surface area contributed by atoms with Gasteiger partial charge in [-0.2, -0.15) is 0 Å². The molecule has 166 valence electrons. The van der Waals surface area contributed by atoms with Gasteiger partial charge < -0.3 is 4.43 Å². The fourth-order valence-corrected chi connectivity index (χ4v) is 4.42. The van der Waals surface area contributed by atoms with Crippen LogP contribution in [0, 0.1) is 29.6 Å². The van der Waals surface area contributed by atoms with Crippen molar-refractivity contribution in [3.05, 3.63) is 96.1 Å². The molecule has 2 aromatic rings. The van der Waals surface area contributed by atoms with Gasteiger partial charge in [0, 0.05) is 23.1 Å². The first kappa shape index (κ1) is 25.5. The van der Waals surface area contributed by atoms with Crippen molar-refractivity contribution in [2.75, 3.05) is 0 Å². The van der Waals surface area contributed by atoms with Crippen LogP contribution >= 0.6 is 0 Å².